The van der Waals surface area contributed by atoms with Gasteiger partial charge in [-0.15, -0.1) is 0 Å². The van der Waals surface area contributed by atoms with Crippen LogP contribution in [0.25, 0.3) is 11.0 Å². The number of rotatable bonds is 3. The van der Waals surface area contributed by atoms with Gasteiger partial charge in [-0.2, -0.15) is 4.31 Å². The smallest absolute Gasteiger partial charge is 0.289 e. The number of carbonyl (C=O) groups is 1. The summed E-state index contributed by atoms with van der Waals surface area (Å²) in [7, 11) is -3.56. The molecule has 4 rings (SSSR count). The van der Waals surface area contributed by atoms with Crippen LogP contribution in [-0.4, -0.2) is 49.7 Å². The van der Waals surface area contributed by atoms with Crippen LogP contribution in [-0.2, 0) is 10.0 Å². The maximum Gasteiger partial charge on any atom is 0.289 e. The number of hydrogen-bond acceptors (Lipinski definition) is 4. The molecule has 0 bridgehead atoms. The van der Waals surface area contributed by atoms with E-state index in [-0.39, 0.29) is 23.9 Å². The maximum atomic E-state index is 13.0. The molecule has 1 aliphatic rings. The summed E-state index contributed by atoms with van der Waals surface area (Å²) in [5, 5.41) is 0.892. The van der Waals surface area contributed by atoms with Gasteiger partial charge in [0.25, 0.3) is 5.91 Å². The first-order valence-electron chi connectivity index (χ1n) is 9.32. The Bertz CT molecular complexity index is 1180. The highest BCUT2D eigenvalue weighted by atomic mass is 79.9. The Balaban J connectivity index is 1.50. The predicted molar refractivity (Wildman–Crippen MR) is 114 cm³/mol. The number of halogens is 1. The van der Waals surface area contributed by atoms with Gasteiger partial charge in [0.2, 0.25) is 10.0 Å². The number of sulfonamides is 1. The minimum Gasteiger partial charge on any atom is -0.451 e. The van der Waals surface area contributed by atoms with Gasteiger partial charge in [0.05, 0.1) is 4.90 Å². The Hall–Kier alpha value is -2.16. The third kappa shape index (κ3) is 3.72. The quantitative estimate of drug-likeness (QED) is 0.573. The number of benzene rings is 2. The summed E-state index contributed by atoms with van der Waals surface area (Å²) >= 11 is 3.44. The number of amides is 1. The van der Waals surface area contributed by atoms with Crippen molar-refractivity contribution < 1.29 is 17.6 Å². The van der Waals surface area contributed by atoms with Crippen LogP contribution >= 0.6 is 15.9 Å². The molecule has 0 radical (unpaired) electrons. The molecule has 0 aliphatic carbocycles. The first-order chi connectivity index (χ1) is 13.8. The molecule has 2 heterocycles. The van der Waals surface area contributed by atoms with E-state index in [1.807, 2.05) is 32.0 Å². The summed E-state index contributed by atoms with van der Waals surface area (Å²) in [4.78, 5) is 14.9. The van der Waals surface area contributed by atoms with E-state index in [9.17, 15) is 13.2 Å². The van der Waals surface area contributed by atoms with E-state index in [0.29, 0.717) is 24.4 Å². The second-order valence-corrected chi connectivity index (χ2v) is 10.1. The summed E-state index contributed by atoms with van der Waals surface area (Å²) in [6.45, 7) is 4.94. The maximum absolute atomic E-state index is 13.0. The highest BCUT2D eigenvalue weighted by Gasteiger charge is 2.32. The molecule has 8 heteroatoms. The lowest BCUT2D eigenvalue weighted by Gasteiger charge is -2.33. The fourth-order valence-corrected chi connectivity index (χ4v) is 5.31. The van der Waals surface area contributed by atoms with Crippen molar-refractivity contribution in [3.8, 4) is 0 Å². The lowest BCUT2D eigenvalue weighted by Crippen LogP contribution is -2.50. The number of fused-ring (bicyclic) bond motifs is 1. The standard InChI is InChI=1S/C21H21BrN2O4S/c1-14-3-6-17(7-4-14)29(26,27)24-11-9-23(10-12-24)21(25)20-15(2)18-13-16(22)5-8-19(18)28-20/h3-8,13H,9-12H2,1-2H3. The molecule has 1 fully saturated rings. The largest absolute Gasteiger partial charge is 0.451 e. The molecule has 1 aromatic heterocycles. The van der Waals surface area contributed by atoms with Gasteiger partial charge in [-0.25, -0.2) is 8.42 Å². The Morgan fingerprint density at radius 3 is 2.31 bits per heavy atom. The van der Waals surface area contributed by atoms with Crippen molar-refractivity contribution in [3.63, 3.8) is 0 Å². The number of hydrogen-bond donors (Lipinski definition) is 0. The summed E-state index contributed by atoms with van der Waals surface area (Å²) in [6.07, 6.45) is 0. The zero-order chi connectivity index (χ0) is 20.8. The molecule has 2 aromatic carbocycles. The van der Waals surface area contributed by atoms with Gasteiger partial charge >= 0.3 is 0 Å². The summed E-state index contributed by atoms with van der Waals surface area (Å²) in [5.41, 5.74) is 2.46. The third-order valence-corrected chi connectivity index (χ3v) is 7.68. The van der Waals surface area contributed by atoms with Gasteiger partial charge in [-0.3, -0.25) is 4.79 Å². The van der Waals surface area contributed by atoms with Crippen molar-refractivity contribution in [2.75, 3.05) is 26.2 Å². The van der Waals surface area contributed by atoms with Crippen LogP contribution in [0.1, 0.15) is 21.7 Å². The first kappa shape index (κ1) is 20.1. The minimum atomic E-state index is -3.56. The van der Waals surface area contributed by atoms with E-state index in [0.717, 1.165) is 21.0 Å². The van der Waals surface area contributed by atoms with Crippen LogP contribution in [0, 0.1) is 13.8 Å². The van der Waals surface area contributed by atoms with Crippen LogP contribution in [0.15, 0.2) is 56.2 Å². The van der Waals surface area contributed by atoms with Crippen LogP contribution in [0.3, 0.4) is 0 Å². The van der Waals surface area contributed by atoms with Crippen molar-refractivity contribution >= 4 is 42.8 Å². The minimum absolute atomic E-state index is 0.206. The number of piperazine rings is 1. The monoisotopic (exact) mass is 476 g/mol. The molecular formula is C21H21BrN2O4S. The van der Waals surface area contributed by atoms with Gasteiger partial charge < -0.3 is 9.32 Å². The molecule has 3 aromatic rings. The molecule has 0 unspecified atom stereocenters. The van der Waals surface area contributed by atoms with E-state index in [1.165, 1.54) is 4.31 Å². The van der Waals surface area contributed by atoms with E-state index < -0.39 is 10.0 Å². The normalized spacial score (nSPS) is 15.8. The molecule has 0 atom stereocenters. The second-order valence-electron chi connectivity index (χ2n) is 7.21. The van der Waals surface area contributed by atoms with E-state index >= 15 is 0 Å². The Kier molecular flexibility index (Phi) is 5.27. The van der Waals surface area contributed by atoms with Crippen molar-refractivity contribution in [3.05, 3.63) is 63.8 Å². The molecule has 1 amide bonds. The zero-order valence-corrected chi connectivity index (χ0v) is 18.6. The lowest BCUT2D eigenvalue weighted by atomic mass is 10.1. The molecule has 1 aliphatic heterocycles. The molecule has 0 N–H and O–H groups in total. The van der Waals surface area contributed by atoms with E-state index in [4.69, 9.17) is 4.42 Å². The molecule has 0 saturated carbocycles. The highest BCUT2D eigenvalue weighted by Crippen LogP contribution is 2.29. The summed E-state index contributed by atoms with van der Waals surface area (Å²) in [5.74, 6) is 0.107. The van der Waals surface area contributed by atoms with Crippen LogP contribution < -0.4 is 0 Å². The molecule has 0 spiro atoms. The van der Waals surface area contributed by atoms with Gasteiger partial charge in [0.15, 0.2) is 5.76 Å². The number of nitrogens with zero attached hydrogens (tertiary/aromatic N) is 2. The average Bonchev–Trinajstić information content (AvgIpc) is 3.04. The molecule has 29 heavy (non-hydrogen) atoms. The lowest BCUT2D eigenvalue weighted by molar-refractivity contribution is 0.0667. The topological polar surface area (TPSA) is 70.8 Å². The van der Waals surface area contributed by atoms with Crippen LogP contribution in [0.2, 0.25) is 0 Å². The zero-order valence-electron chi connectivity index (χ0n) is 16.2. The number of furan rings is 1. The van der Waals surface area contributed by atoms with E-state index in [1.54, 1.807) is 29.2 Å². The fourth-order valence-electron chi connectivity index (χ4n) is 3.53. The third-order valence-electron chi connectivity index (χ3n) is 5.28. The van der Waals surface area contributed by atoms with Gasteiger partial charge in [-0.05, 0) is 44.2 Å². The number of aryl methyl sites for hydroxylation is 2. The Labute approximate surface area is 178 Å². The van der Waals surface area contributed by atoms with Crippen molar-refractivity contribution in [1.29, 1.82) is 0 Å². The highest BCUT2D eigenvalue weighted by molar-refractivity contribution is 9.10. The van der Waals surface area contributed by atoms with Gasteiger partial charge in [0, 0.05) is 41.6 Å². The summed E-state index contributed by atoms with van der Waals surface area (Å²) in [6, 6.07) is 12.4. The van der Waals surface area contributed by atoms with Gasteiger partial charge in [-0.1, -0.05) is 33.6 Å². The Morgan fingerprint density at radius 2 is 1.66 bits per heavy atom. The molecule has 1 saturated heterocycles. The average molecular weight is 477 g/mol. The molecule has 152 valence electrons. The SMILES string of the molecule is Cc1ccc(S(=O)(=O)N2CCN(C(=O)c3oc4ccc(Br)cc4c3C)CC2)cc1. The number of carbonyl (C=O) groups excluding carboxylic acids is 1. The fraction of sp³-hybridized carbons (Fsp3) is 0.286. The predicted octanol–water partition coefficient (Wildman–Crippen LogP) is 3.96. The molecule has 6 nitrogen and oxygen atoms in total. The molecular weight excluding hydrogens is 456 g/mol. The van der Waals surface area contributed by atoms with Crippen molar-refractivity contribution in [2.24, 2.45) is 0 Å². The summed E-state index contributed by atoms with van der Waals surface area (Å²) < 4.78 is 33.8. The van der Waals surface area contributed by atoms with Gasteiger partial charge in [0.1, 0.15) is 5.58 Å². The van der Waals surface area contributed by atoms with E-state index in [2.05, 4.69) is 15.9 Å². The van der Waals surface area contributed by atoms with Crippen LogP contribution in [0.4, 0.5) is 0 Å². The Morgan fingerprint density at radius 1 is 1.00 bits per heavy atom. The van der Waals surface area contributed by atoms with Crippen LogP contribution in [0.5, 0.6) is 0 Å². The van der Waals surface area contributed by atoms with Crippen molar-refractivity contribution in [1.82, 2.24) is 9.21 Å². The second kappa shape index (κ2) is 7.59. The first-order valence-corrected chi connectivity index (χ1v) is 11.6. The van der Waals surface area contributed by atoms with Crippen molar-refractivity contribution in [2.45, 2.75) is 18.7 Å².